The summed E-state index contributed by atoms with van der Waals surface area (Å²) < 4.78 is 1.16. The molecule has 3 unspecified atom stereocenters. The summed E-state index contributed by atoms with van der Waals surface area (Å²) in [5.74, 6) is 2.25. The van der Waals surface area contributed by atoms with Crippen molar-refractivity contribution < 1.29 is 19.2 Å². The summed E-state index contributed by atoms with van der Waals surface area (Å²) >= 11 is 3.42. The summed E-state index contributed by atoms with van der Waals surface area (Å²) in [6, 6.07) is 13.4. The fraction of sp³-hybridized carbons (Fsp3) is 0.438. The summed E-state index contributed by atoms with van der Waals surface area (Å²) in [4.78, 5) is 54.4. The molecule has 3 atom stereocenters. The number of hydrogen-bond donors (Lipinski definition) is 2. The predicted octanol–water partition coefficient (Wildman–Crippen LogP) is 5.26. The number of benzene rings is 2. The van der Waals surface area contributed by atoms with Crippen molar-refractivity contribution in [2.75, 3.05) is 0 Å². The third-order valence-electron chi connectivity index (χ3n) is 10.1. The highest BCUT2D eigenvalue weighted by Crippen LogP contribution is 2.60. The number of amides is 4. The number of imide groups is 1. The fourth-order valence-corrected chi connectivity index (χ4v) is 10.6. The second kappa shape index (κ2) is 9.42. The van der Waals surface area contributed by atoms with E-state index in [9.17, 15) is 19.2 Å². The van der Waals surface area contributed by atoms with Gasteiger partial charge in [0.15, 0.2) is 0 Å². The summed E-state index contributed by atoms with van der Waals surface area (Å²) in [5.41, 5.74) is 2.35. The lowest BCUT2D eigenvalue weighted by Crippen LogP contribution is -2.52. The lowest BCUT2D eigenvalue weighted by molar-refractivity contribution is -0.136. The van der Waals surface area contributed by atoms with Crippen molar-refractivity contribution in [2.24, 2.45) is 17.8 Å². The number of rotatable bonds is 6. The highest BCUT2D eigenvalue weighted by Gasteiger charge is 2.58. The molecule has 41 heavy (non-hydrogen) atoms. The number of fused-ring (bicyclic) bond motifs is 2. The zero-order valence-corrected chi connectivity index (χ0v) is 24.2. The second-order valence-electron chi connectivity index (χ2n) is 12.6. The van der Waals surface area contributed by atoms with Crippen molar-refractivity contribution in [1.82, 2.24) is 15.5 Å². The van der Waals surface area contributed by atoms with Crippen molar-refractivity contribution >= 4 is 56.8 Å². The van der Waals surface area contributed by atoms with E-state index in [2.05, 4.69) is 22.8 Å². The van der Waals surface area contributed by atoms with E-state index in [1.54, 1.807) is 28.0 Å². The molecule has 3 heterocycles. The third kappa shape index (κ3) is 4.23. The van der Waals surface area contributed by atoms with Crippen LogP contribution >= 0.6 is 23.1 Å². The summed E-state index contributed by atoms with van der Waals surface area (Å²) in [5, 5.41) is 6.95. The maximum absolute atomic E-state index is 13.3. The van der Waals surface area contributed by atoms with Gasteiger partial charge in [0, 0.05) is 49.9 Å². The number of thiophene rings is 1. The molecule has 9 rings (SSSR count). The molecule has 2 aliphatic heterocycles. The van der Waals surface area contributed by atoms with Crippen LogP contribution in [0.3, 0.4) is 0 Å². The van der Waals surface area contributed by atoms with Crippen LogP contribution in [0.5, 0.6) is 0 Å². The molecule has 6 aliphatic rings. The summed E-state index contributed by atoms with van der Waals surface area (Å²) in [7, 11) is 0. The molecule has 4 aliphatic carbocycles. The highest BCUT2D eigenvalue weighted by molar-refractivity contribution is 7.98. The van der Waals surface area contributed by atoms with Gasteiger partial charge in [-0.15, -0.1) is 23.1 Å². The first-order valence-electron chi connectivity index (χ1n) is 14.6. The summed E-state index contributed by atoms with van der Waals surface area (Å²) in [6.07, 6.45) is 6.84. The van der Waals surface area contributed by atoms with E-state index in [4.69, 9.17) is 0 Å². The molecule has 2 N–H and O–H groups in total. The van der Waals surface area contributed by atoms with Crippen LogP contribution in [0, 0.1) is 17.8 Å². The van der Waals surface area contributed by atoms with Gasteiger partial charge in [-0.2, -0.15) is 0 Å². The normalized spacial score (nSPS) is 29.9. The fourth-order valence-electron chi connectivity index (χ4n) is 8.45. The molecule has 9 heteroatoms. The van der Waals surface area contributed by atoms with Crippen LogP contribution in [0.1, 0.15) is 76.1 Å². The lowest BCUT2D eigenvalue weighted by atomic mass is 9.80. The van der Waals surface area contributed by atoms with Crippen LogP contribution in [-0.4, -0.2) is 40.1 Å². The zero-order chi connectivity index (χ0) is 27.9. The topological polar surface area (TPSA) is 95.6 Å². The molecule has 1 aromatic heterocycles. The lowest BCUT2D eigenvalue weighted by Gasteiger charge is -2.34. The van der Waals surface area contributed by atoms with E-state index in [0.717, 1.165) is 56.5 Å². The Morgan fingerprint density at radius 1 is 1.07 bits per heavy atom. The van der Waals surface area contributed by atoms with Crippen LogP contribution in [-0.2, 0) is 21.9 Å². The van der Waals surface area contributed by atoms with Crippen molar-refractivity contribution in [3.05, 3.63) is 64.0 Å². The SMILES string of the molecule is O=C1CCC(N2Cc3c(SCc4cc5cc(C(=O)NC67CC8CC(CC6C8)C7)ccc5s4)cccc3C2=O)C(=O)N1. The van der Waals surface area contributed by atoms with Crippen molar-refractivity contribution in [2.45, 2.75) is 73.7 Å². The quantitative estimate of drug-likeness (QED) is 0.304. The van der Waals surface area contributed by atoms with Crippen LogP contribution in [0.15, 0.2) is 47.4 Å². The molecule has 4 amide bonds. The predicted molar refractivity (Wildman–Crippen MR) is 158 cm³/mol. The Labute approximate surface area is 246 Å². The van der Waals surface area contributed by atoms with Gasteiger partial charge in [-0.1, -0.05) is 6.07 Å². The van der Waals surface area contributed by atoms with E-state index >= 15 is 0 Å². The van der Waals surface area contributed by atoms with E-state index in [1.165, 1.54) is 24.1 Å². The van der Waals surface area contributed by atoms with Crippen molar-refractivity contribution in [3.63, 3.8) is 0 Å². The Bertz CT molecular complexity index is 1630. The molecule has 5 fully saturated rings. The maximum Gasteiger partial charge on any atom is 0.255 e. The molecule has 0 spiro atoms. The van der Waals surface area contributed by atoms with Crippen molar-refractivity contribution in [1.29, 1.82) is 0 Å². The Morgan fingerprint density at radius 3 is 2.71 bits per heavy atom. The molecule has 210 valence electrons. The monoisotopic (exact) mass is 585 g/mol. The molecular formula is C32H31N3O4S2. The van der Waals surface area contributed by atoms with Gasteiger partial charge in [-0.05, 0) is 104 Å². The molecule has 2 aromatic carbocycles. The van der Waals surface area contributed by atoms with Crippen LogP contribution in [0.25, 0.3) is 10.1 Å². The molecular weight excluding hydrogens is 555 g/mol. The molecule has 0 radical (unpaired) electrons. The van der Waals surface area contributed by atoms with E-state index in [-0.39, 0.29) is 29.7 Å². The molecule has 7 nitrogen and oxygen atoms in total. The van der Waals surface area contributed by atoms with E-state index in [1.807, 2.05) is 30.3 Å². The van der Waals surface area contributed by atoms with E-state index < -0.39 is 11.9 Å². The smallest absolute Gasteiger partial charge is 0.255 e. The highest BCUT2D eigenvalue weighted by atomic mass is 32.2. The van der Waals surface area contributed by atoms with E-state index in [0.29, 0.717) is 24.4 Å². The van der Waals surface area contributed by atoms with Gasteiger partial charge in [0.25, 0.3) is 11.8 Å². The first kappa shape index (κ1) is 25.5. The summed E-state index contributed by atoms with van der Waals surface area (Å²) in [6.45, 7) is 0.373. The average Bonchev–Trinajstić information content (AvgIpc) is 3.64. The molecule has 1 saturated heterocycles. The number of thioether (sulfide) groups is 1. The number of nitrogens with one attached hydrogen (secondary N) is 2. The number of carbonyl (C=O) groups excluding carboxylic acids is 4. The van der Waals surface area contributed by atoms with Gasteiger partial charge in [0.2, 0.25) is 11.8 Å². The van der Waals surface area contributed by atoms with Crippen molar-refractivity contribution in [3.8, 4) is 0 Å². The molecule has 4 bridgehead atoms. The van der Waals surface area contributed by atoms with Gasteiger partial charge in [0.05, 0.1) is 0 Å². The third-order valence-corrected chi connectivity index (χ3v) is 12.5. The Kier molecular flexibility index (Phi) is 5.87. The Morgan fingerprint density at radius 2 is 1.90 bits per heavy atom. The van der Waals surface area contributed by atoms with Gasteiger partial charge in [-0.3, -0.25) is 24.5 Å². The Hall–Kier alpha value is -3.17. The number of carbonyl (C=O) groups is 4. The average molecular weight is 586 g/mol. The van der Waals surface area contributed by atoms with Crippen LogP contribution < -0.4 is 10.6 Å². The van der Waals surface area contributed by atoms with Gasteiger partial charge >= 0.3 is 0 Å². The minimum atomic E-state index is -0.613. The van der Waals surface area contributed by atoms with Gasteiger partial charge in [0.1, 0.15) is 6.04 Å². The second-order valence-corrected chi connectivity index (χ2v) is 14.8. The number of piperidine rings is 1. The largest absolute Gasteiger partial charge is 0.346 e. The standard InChI is InChI=1S/C32H31N3O4S2/c36-28-7-5-25(30(38)33-28)35-15-24-23(31(35)39)2-1-3-27(24)40-16-22-12-20-11-19(4-6-26(20)41-22)29(37)34-32-13-17-8-18(14-32)10-21(32)9-17/h1-4,6,11-12,17-18,21,25H,5,7-10,13-16H2,(H,34,37)(H,33,36,38). The van der Waals surface area contributed by atoms with Gasteiger partial charge in [-0.25, -0.2) is 0 Å². The first-order valence-corrected chi connectivity index (χ1v) is 16.4. The number of nitrogens with zero attached hydrogens (tertiary/aromatic N) is 1. The molecule has 3 aromatic rings. The Balaban J connectivity index is 0.965. The minimum absolute atomic E-state index is 0.0290. The first-order chi connectivity index (χ1) is 19.8. The minimum Gasteiger partial charge on any atom is -0.346 e. The maximum atomic E-state index is 13.3. The van der Waals surface area contributed by atoms with Gasteiger partial charge < -0.3 is 10.2 Å². The zero-order valence-electron chi connectivity index (χ0n) is 22.6. The number of hydrogen-bond acceptors (Lipinski definition) is 6. The van der Waals surface area contributed by atoms with Crippen LogP contribution in [0.2, 0.25) is 0 Å². The van der Waals surface area contributed by atoms with Crippen LogP contribution in [0.4, 0.5) is 0 Å². The molecule has 4 saturated carbocycles.